The van der Waals surface area contributed by atoms with E-state index in [0.717, 1.165) is 12.3 Å². The van der Waals surface area contributed by atoms with Crippen LogP contribution in [0.3, 0.4) is 0 Å². The number of nitrogens with one attached hydrogen (secondary N) is 1. The van der Waals surface area contributed by atoms with E-state index in [0.29, 0.717) is 0 Å². The average molecular weight is 266 g/mol. The van der Waals surface area contributed by atoms with E-state index >= 15 is 0 Å². The number of pyridine rings is 1. The van der Waals surface area contributed by atoms with E-state index in [1.807, 2.05) is 5.32 Å². The molecule has 1 rings (SSSR count). The number of nitro groups is 1. The van der Waals surface area contributed by atoms with Crippen LogP contribution in [0.2, 0.25) is 5.15 Å². The SMILES string of the molecule is O=C(NCC(F)F)c1cc([N+](=O)[O-])cnc1Cl. The number of hydrogen-bond acceptors (Lipinski definition) is 4. The summed E-state index contributed by atoms with van der Waals surface area (Å²) in [5, 5.41) is 12.0. The highest BCUT2D eigenvalue weighted by molar-refractivity contribution is 6.32. The second kappa shape index (κ2) is 5.48. The molecule has 0 aliphatic rings. The minimum Gasteiger partial charge on any atom is -0.346 e. The molecule has 0 fully saturated rings. The minimum atomic E-state index is -2.72. The van der Waals surface area contributed by atoms with Gasteiger partial charge in [0.1, 0.15) is 11.3 Å². The molecule has 1 heterocycles. The molecule has 0 aliphatic heterocycles. The van der Waals surface area contributed by atoms with Gasteiger partial charge in [0.2, 0.25) is 0 Å². The van der Waals surface area contributed by atoms with E-state index in [1.165, 1.54) is 0 Å². The van der Waals surface area contributed by atoms with Crippen LogP contribution in [0.15, 0.2) is 12.3 Å². The first kappa shape index (κ1) is 13.2. The zero-order chi connectivity index (χ0) is 13.0. The maximum absolute atomic E-state index is 11.8. The Morgan fingerprint density at radius 3 is 2.82 bits per heavy atom. The van der Waals surface area contributed by atoms with Crippen molar-refractivity contribution < 1.29 is 18.5 Å². The molecule has 6 nitrogen and oxygen atoms in total. The summed E-state index contributed by atoms with van der Waals surface area (Å²) in [7, 11) is 0. The van der Waals surface area contributed by atoms with Crippen LogP contribution in [-0.4, -0.2) is 28.8 Å². The van der Waals surface area contributed by atoms with Gasteiger partial charge in [-0.1, -0.05) is 11.6 Å². The number of nitrogens with zero attached hydrogens (tertiary/aromatic N) is 2. The summed E-state index contributed by atoms with van der Waals surface area (Å²) < 4.78 is 23.7. The Balaban J connectivity index is 2.92. The van der Waals surface area contributed by atoms with Crippen molar-refractivity contribution in [2.24, 2.45) is 0 Å². The lowest BCUT2D eigenvalue weighted by Crippen LogP contribution is -2.28. The van der Waals surface area contributed by atoms with Gasteiger partial charge in [-0.2, -0.15) is 0 Å². The van der Waals surface area contributed by atoms with Crippen molar-refractivity contribution in [2.45, 2.75) is 6.43 Å². The third-order valence-electron chi connectivity index (χ3n) is 1.70. The van der Waals surface area contributed by atoms with E-state index in [-0.39, 0.29) is 10.7 Å². The van der Waals surface area contributed by atoms with Crippen LogP contribution in [0, 0.1) is 10.1 Å². The van der Waals surface area contributed by atoms with Crippen molar-refractivity contribution in [3.8, 4) is 0 Å². The Labute approximate surface area is 98.7 Å². The molecule has 0 unspecified atom stereocenters. The van der Waals surface area contributed by atoms with Crippen molar-refractivity contribution in [3.63, 3.8) is 0 Å². The van der Waals surface area contributed by atoms with Gasteiger partial charge >= 0.3 is 0 Å². The van der Waals surface area contributed by atoms with Crippen LogP contribution in [0.25, 0.3) is 0 Å². The highest BCUT2D eigenvalue weighted by Crippen LogP contribution is 2.18. The molecule has 0 saturated carbocycles. The Bertz CT molecular complexity index is 456. The van der Waals surface area contributed by atoms with E-state index < -0.39 is 29.5 Å². The summed E-state index contributed by atoms with van der Waals surface area (Å²) in [6.45, 7) is -0.863. The van der Waals surface area contributed by atoms with Crippen molar-refractivity contribution in [3.05, 3.63) is 33.1 Å². The van der Waals surface area contributed by atoms with E-state index in [2.05, 4.69) is 4.98 Å². The summed E-state index contributed by atoms with van der Waals surface area (Å²) in [6.07, 6.45) is -1.85. The normalized spacial score (nSPS) is 10.4. The van der Waals surface area contributed by atoms with Crippen molar-refractivity contribution >= 4 is 23.2 Å². The lowest BCUT2D eigenvalue weighted by Gasteiger charge is -2.05. The largest absolute Gasteiger partial charge is 0.346 e. The summed E-state index contributed by atoms with van der Waals surface area (Å²) in [5.74, 6) is -0.938. The van der Waals surface area contributed by atoms with Gasteiger partial charge in [0, 0.05) is 6.07 Å². The molecule has 92 valence electrons. The Morgan fingerprint density at radius 2 is 2.29 bits per heavy atom. The summed E-state index contributed by atoms with van der Waals surface area (Å²) >= 11 is 5.53. The third kappa shape index (κ3) is 3.59. The monoisotopic (exact) mass is 265 g/mol. The lowest BCUT2D eigenvalue weighted by atomic mass is 10.2. The van der Waals surface area contributed by atoms with Crippen molar-refractivity contribution in [1.82, 2.24) is 10.3 Å². The molecule has 1 amide bonds. The van der Waals surface area contributed by atoms with E-state index in [4.69, 9.17) is 11.6 Å². The van der Waals surface area contributed by atoms with Gasteiger partial charge < -0.3 is 5.32 Å². The molecule has 0 aromatic carbocycles. The lowest BCUT2D eigenvalue weighted by molar-refractivity contribution is -0.385. The van der Waals surface area contributed by atoms with Crippen molar-refractivity contribution in [2.75, 3.05) is 6.54 Å². The Kier molecular flexibility index (Phi) is 4.27. The van der Waals surface area contributed by atoms with Crippen LogP contribution in [-0.2, 0) is 0 Å². The molecular formula is C8H6ClF2N3O3. The second-order valence-corrected chi connectivity index (χ2v) is 3.25. The quantitative estimate of drug-likeness (QED) is 0.509. The first-order valence-electron chi connectivity index (χ1n) is 4.28. The molecule has 9 heteroatoms. The molecule has 17 heavy (non-hydrogen) atoms. The molecule has 1 aromatic rings. The van der Waals surface area contributed by atoms with Crippen LogP contribution >= 0.6 is 11.6 Å². The zero-order valence-corrected chi connectivity index (χ0v) is 8.95. The Morgan fingerprint density at radius 1 is 1.65 bits per heavy atom. The number of carbonyl (C=O) groups excluding carboxylic acids is 1. The molecule has 0 aliphatic carbocycles. The number of halogens is 3. The number of alkyl halides is 2. The maximum atomic E-state index is 11.8. The van der Waals surface area contributed by atoms with E-state index in [9.17, 15) is 23.7 Å². The van der Waals surface area contributed by atoms with Gasteiger partial charge in [0.05, 0.1) is 17.0 Å². The molecule has 0 spiro atoms. The smallest absolute Gasteiger partial charge is 0.288 e. The summed E-state index contributed by atoms with van der Waals surface area (Å²) in [5.41, 5.74) is -0.766. The zero-order valence-electron chi connectivity index (χ0n) is 8.19. The predicted molar refractivity (Wildman–Crippen MR) is 54.2 cm³/mol. The van der Waals surface area contributed by atoms with E-state index in [1.54, 1.807) is 0 Å². The number of rotatable bonds is 4. The molecule has 0 saturated heterocycles. The molecule has 0 radical (unpaired) electrons. The van der Waals surface area contributed by atoms with Gasteiger partial charge in [-0.25, -0.2) is 13.8 Å². The summed E-state index contributed by atoms with van der Waals surface area (Å²) in [6, 6.07) is 0.871. The fourth-order valence-electron chi connectivity index (χ4n) is 0.961. The first-order valence-corrected chi connectivity index (χ1v) is 4.66. The van der Waals surface area contributed by atoms with Gasteiger partial charge in [-0.05, 0) is 0 Å². The number of hydrogen-bond donors (Lipinski definition) is 1. The number of aromatic nitrogens is 1. The van der Waals surface area contributed by atoms with Crippen LogP contribution < -0.4 is 5.32 Å². The fourth-order valence-corrected chi connectivity index (χ4v) is 1.15. The standard InChI is InChI=1S/C8H6ClF2N3O3/c9-7-5(8(15)13-3-6(10)11)1-4(2-12-7)14(16)17/h1-2,6H,3H2,(H,13,15). The predicted octanol–water partition coefficient (Wildman–Crippen LogP) is 1.64. The molecule has 0 atom stereocenters. The third-order valence-corrected chi connectivity index (χ3v) is 2.00. The van der Waals surface area contributed by atoms with Gasteiger partial charge in [-0.15, -0.1) is 0 Å². The molecule has 0 bridgehead atoms. The maximum Gasteiger partial charge on any atom is 0.288 e. The molecular weight excluding hydrogens is 260 g/mol. The fraction of sp³-hybridized carbons (Fsp3) is 0.250. The van der Waals surface area contributed by atoms with Gasteiger partial charge in [0.25, 0.3) is 18.0 Å². The summed E-state index contributed by atoms with van der Waals surface area (Å²) in [4.78, 5) is 24.4. The first-order chi connectivity index (χ1) is 7.91. The number of carbonyl (C=O) groups is 1. The van der Waals surface area contributed by atoms with Gasteiger partial charge in [-0.3, -0.25) is 14.9 Å². The highest BCUT2D eigenvalue weighted by atomic mass is 35.5. The number of amides is 1. The Hall–Kier alpha value is -1.83. The second-order valence-electron chi connectivity index (χ2n) is 2.89. The van der Waals surface area contributed by atoms with Crippen molar-refractivity contribution in [1.29, 1.82) is 0 Å². The van der Waals surface area contributed by atoms with Crippen LogP contribution in [0.1, 0.15) is 10.4 Å². The van der Waals surface area contributed by atoms with Crippen LogP contribution in [0.4, 0.5) is 14.5 Å². The molecule has 1 aromatic heterocycles. The molecule has 1 N–H and O–H groups in total. The highest BCUT2D eigenvalue weighted by Gasteiger charge is 2.17. The minimum absolute atomic E-state index is 0.289. The average Bonchev–Trinajstić information content (AvgIpc) is 2.26. The van der Waals surface area contributed by atoms with Crippen LogP contribution in [0.5, 0.6) is 0 Å². The van der Waals surface area contributed by atoms with Gasteiger partial charge in [0.15, 0.2) is 0 Å². The topological polar surface area (TPSA) is 85.1 Å².